The fourth-order valence-corrected chi connectivity index (χ4v) is 3.71. The summed E-state index contributed by atoms with van der Waals surface area (Å²) in [5.74, 6) is -2.58. The van der Waals surface area contributed by atoms with Crippen molar-refractivity contribution in [2.75, 3.05) is 11.8 Å². The van der Waals surface area contributed by atoms with Gasteiger partial charge in [-0.3, -0.25) is 4.72 Å². The number of nitrogens with one attached hydrogen (secondary N) is 1. The van der Waals surface area contributed by atoms with Crippen molar-refractivity contribution in [1.82, 2.24) is 0 Å². The molecule has 0 amide bonds. The summed E-state index contributed by atoms with van der Waals surface area (Å²) in [6.07, 6.45) is 0. The Morgan fingerprint density at radius 1 is 1.33 bits per heavy atom. The Hall–Kier alpha value is -2.13. The molecule has 0 atom stereocenters. The second-order valence-corrected chi connectivity index (χ2v) is 7.34. The van der Waals surface area contributed by atoms with Crippen LogP contribution in [0.15, 0.2) is 39.7 Å². The molecule has 2 rings (SSSR count). The number of rotatable bonds is 5. The lowest BCUT2D eigenvalue weighted by atomic mass is 10.2. The van der Waals surface area contributed by atoms with Crippen molar-refractivity contribution in [2.24, 2.45) is 0 Å². The minimum absolute atomic E-state index is 0.0815. The second kappa shape index (κ2) is 6.78. The van der Waals surface area contributed by atoms with Crippen molar-refractivity contribution in [1.29, 1.82) is 0 Å². The van der Waals surface area contributed by atoms with E-state index in [1.165, 1.54) is 25.3 Å². The van der Waals surface area contributed by atoms with E-state index in [0.717, 1.165) is 17.7 Å². The number of methoxy groups -OCH3 is 1. The molecule has 6 nitrogen and oxygen atoms in total. The molecule has 2 N–H and O–H groups in total. The van der Waals surface area contributed by atoms with E-state index in [9.17, 15) is 17.6 Å². The second-order valence-electron chi connectivity index (χ2n) is 4.83. The van der Waals surface area contributed by atoms with Gasteiger partial charge in [-0.1, -0.05) is 22.0 Å². The van der Waals surface area contributed by atoms with E-state index in [1.54, 1.807) is 6.92 Å². The van der Waals surface area contributed by atoms with Crippen LogP contribution >= 0.6 is 15.9 Å². The van der Waals surface area contributed by atoms with Gasteiger partial charge in [0.2, 0.25) is 0 Å². The van der Waals surface area contributed by atoms with Gasteiger partial charge in [0.1, 0.15) is 10.6 Å². The minimum atomic E-state index is -4.20. The van der Waals surface area contributed by atoms with Crippen LogP contribution in [0.25, 0.3) is 0 Å². The van der Waals surface area contributed by atoms with Gasteiger partial charge in [0.05, 0.1) is 18.4 Å². The van der Waals surface area contributed by atoms with Gasteiger partial charge < -0.3 is 9.84 Å². The van der Waals surface area contributed by atoms with E-state index in [1.807, 2.05) is 0 Å². The highest BCUT2D eigenvalue weighted by Crippen LogP contribution is 2.32. The van der Waals surface area contributed by atoms with Crippen LogP contribution in [0.5, 0.6) is 5.75 Å². The Morgan fingerprint density at radius 2 is 2.00 bits per heavy atom. The summed E-state index contributed by atoms with van der Waals surface area (Å²) in [6, 6.07) is 6.26. The van der Waals surface area contributed by atoms with E-state index < -0.39 is 33.1 Å². The van der Waals surface area contributed by atoms with E-state index in [2.05, 4.69) is 20.7 Å². The number of aryl methyl sites for hydroxylation is 1. The summed E-state index contributed by atoms with van der Waals surface area (Å²) in [4.78, 5) is 10.7. The van der Waals surface area contributed by atoms with Crippen LogP contribution in [-0.4, -0.2) is 26.6 Å². The van der Waals surface area contributed by atoms with E-state index in [-0.39, 0.29) is 10.6 Å². The quantitative estimate of drug-likeness (QED) is 0.777. The molecule has 2 aromatic rings. The average molecular weight is 418 g/mol. The molecule has 0 spiro atoms. The molecule has 0 aromatic heterocycles. The molecule has 0 aliphatic heterocycles. The van der Waals surface area contributed by atoms with Crippen molar-refractivity contribution < 1.29 is 27.4 Å². The third kappa shape index (κ3) is 3.51. The first kappa shape index (κ1) is 18.2. The summed E-state index contributed by atoms with van der Waals surface area (Å²) in [7, 11) is -2.89. The van der Waals surface area contributed by atoms with Gasteiger partial charge in [0.25, 0.3) is 10.0 Å². The molecule has 0 saturated heterocycles. The summed E-state index contributed by atoms with van der Waals surface area (Å²) in [5, 5.41) is 8.91. The van der Waals surface area contributed by atoms with Gasteiger partial charge in [-0.05, 0) is 36.8 Å². The molecule has 0 aliphatic carbocycles. The topological polar surface area (TPSA) is 92.7 Å². The molecular formula is C15H13BrFNO5S. The maximum atomic E-state index is 14.1. The number of ether oxygens (including phenoxy) is 1. The number of halogens is 2. The largest absolute Gasteiger partial charge is 0.495 e. The Labute approximate surface area is 146 Å². The molecule has 0 saturated carbocycles. The number of sulfonamides is 1. The van der Waals surface area contributed by atoms with E-state index >= 15 is 0 Å². The first-order valence-electron chi connectivity index (χ1n) is 6.56. The molecule has 0 heterocycles. The maximum Gasteiger partial charge on any atom is 0.338 e. The van der Waals surface area contributed by atoms with Crippen LogP contribution in [0.4, 0.5) is 10.1 Å². The third-order valence-electron chi connectivity index (χ3n) is 3.21. The fraction of sp³-hybridized carbons (Fsp3) is 0.133. The number of anilines is 1. The smallest absolute Gasteiger partial charge is 0.338 e. The van der Waals surface area contributed by atoms with Crippen LogP contribution in [0.2, 0.25) is 0 Å². The number of carbonyl (C=O) groups is 1. The zero-order valence-electron chi connectivity index (χ0n) is 12.6. The number of carboxylic acids is 1. The van der Waals surface area contributed by atoms with Gasteiger partial charge in [-0.15, -0.1) is 0 Å². The Kier molecular flexibility index (Phi) is 5.14. The fourth-order valence-electron chi connectivity index (χ4n) is 1.98. The maximum absolute atomic E-state index is 14.1. The summed E-state index contributed by atoms with van der Waals surface area (Å²) >= 11 is 3.23. The molecule has 2 aromatic carbocycles. The van der Waals surface area contributed by atoms with Crippen molar-refractivity contribution in [3.63, 3.8) is 0 Å². The van der Waals surface area contributed by atoms with Crippen LogP contribution in [0, 0.1) is 12.7 Å². The zero-order chi connectivity index (χ0) is 18.1. The lowest BCUT2D eigenvalue weighted by Crippen LogP contribution is -2.16. The lowest BCUT2D eigenvalue weighted by Gasteiger charge is -2.14. The summed E-state index contributed by atoms with van der Waals surface area (Å²) in [5.41, 5.74) is -0.342. The summed E-state index contributed by atoms with van der Waals surface area (Å²) < 4.78 is 46.9. The Bertz CT molecular complexity index is 914. The predicted molar refractivity (Wildman–Crippen MR) is 89.6 cm³/mol. The number of benzene rings is 2. The minimum Gasteiger partial charge on any atom is -0.495 e. The van der Waals surface area contributed by atoms with E-state index in [0.29, 0.717) is 4.47 Å². The van der Waals surface area contributed by atoms with Gasteiger partial charge in [0.15, 0.2) is 5.82 Å². The number of hydrogen-bond acceptors (Lipinski definition) is 4. The number of aromatic carboxylic acids is 1. The Balaban J connectivity index is 2.53. The zero-order valence-corrected chi connectivity index (χ0v) is 15.0. The van der Waals surface area contributed by atoms with Gasteiger partial charge >= 0.3 is 5.97 Å². The SMILES string of the molecule is COc1cc(C)c(Br)cc1S(=O)(=O)Nc1cccc(C(=O)O)c1F. The molecule has 0 unspecified atom stereocenters. The van der Waals surface area contributed by atoms with Gasteiger partial charge in [0, 0.05) is 4.47 Å². The standard InChI is InChI=1S/C15H13BrFNO5S/c1-8-6-12(23-2)13(7-10(8)16)24(21,22)18-11-5-3-4-9(14(11)17)15(19)20/h3-7,18H,1-2H3,(H,19,20). The monoisotopic (exact) mass is 417 g/mol. The number of hydrogen-bond donors (Lipinski definition) is 2. The van der Waals surface area contributed by atoms with Crippen molar-refractivity contribution in [3.05, 3.63) is 51.7 Å². The third-order valence-corrected chi connectivity index (χ3v) is 5.45. The van der Waals surface area contributed by atoms with Crippen molar-refractivity contribution >= 4 is 37.6 Å². The predicted octanol–water partition coefficient (Wildman–Crippen LogP) is 3.40. The molecule has 24 heavy (non-hydrogen) atoms. The first-order valence-corrected chi connectivity index (χ1v) is 8.83. The van der Waals surface area contributed by atoms with Crippen molar-refractivity contribution in [3.8, 4) is 5.75 Å². The molecular weight excluding hydrogens is 405 g/mol. The summed E-state index contributed by atoms with van der Waals surface area (Å²) in [6.45, 7) is 1.76. The average Bonchev–Trinajstić information content (AvgIpc) is 2.51. The van der Waals surface area contributed by atoms with Crippen LogP contribution in [0.1, 0.15) is 15.9 Å². The molecule has 0 radical (unpaired) electrons. The van der Waals surface area contributed by atoms with Crippen LogP contribution in [0.3, 0.4) is 0 Å². The molecule has 128 valence electrons. The highest BCUT2D eigenvalue weighted by molar-refractivity contribution is 9.10. The molecule has 0 bridgehead atoms. The molecule has 0 fully saturated rings. The lowest BCUT2D eigenvalue weighted by molar-refractivity contribution is 0.0692. The van der Waals surface area contributed by atoms with Gasteiger partial charge in [-0.25, -0.2) is 17.6 Å². The van der Waals surface area contributed by atoms with Crippen LogP contribution in [-0.2, 0) is 10.0 Å². The highest BCUT2D eigenvalue weighted by Gasteiger charge is 2.24. The molecule has 9 heteroatoms. The van der Waals surface area contributed by atoms with Gasteiger partial charge in [-0.2, -0.15) is 0 Å². The highest BCUT2D eigenvalue weighted by atomic mass is 79.9. The first-order chi connectivity index (χ1) is 11.2. The van der Waals surface area contributed by atoms with Crippen LogP contribution < -0.4 is 9.46 Å². The molecule has 0 aliphatic rings. The Morgan fingerprint density at radius 3 is 2.58 bits per heavy atom. The van der Waals surface area contributed by atoms with Crippen molar-refractivity contribution in [2.45, 2.75) is 11.8 Å². The normalized spacial score (nSPS) is 11.2. The van der Waals surface area contributed by atoms with E-state index in [4.69, 9.17) is 9.84 Å². The number of carboxylic acid groups (broad SMARTS) is 1.